The number of carboxylic acid groups (broad SMARTS) is 1. The van der Waals surface area contributed by atoms with Gasteiger partial charge in [0.2, 0.25) is 0 Å². The summed E-state index contributed by atoms with van der Waals surface area (Å²) < 4.78 is 0. The van der Waals surface area contributed by atoms with Crippen molar-refractivity contribution in [1.82, 2.24) is 0 Å². The number of carbonyl (C=O) groups is 1. The first-order chi connectivity index (χ1) is 9.29. The lowest BCUT2D eigenvalue weighted by Crippen LogP contribution is -2.44. The zero-order chi connectivity index (χ0) is 15.3. The van der Waals surface area contributed by atoms with Gasteiger partial charge in [-0.1, -0.05) is 52.0 Å². The van der Waals surface area contributed by atoms with Gasteiger partial charge in [0, 0.05) is 11.5 Å². The van der Waals surface area contributed by atoms with Gasteiger partial charge in [-0.2, -0.15) is 0 Å². The topological polar surface area (TPSA) is 63.3 Å². The van der Waals surface area contributed by atoms with E-state index in [9.17, 15) is 9.90 Å². The first kappa shape index (κ1) is 16.7. The van der Waals surface area contributed by atoms with Gasteiger partial charge in [0.25, 0.3) is 0 Å². The van der Waals surface area contributed by atoms with Gasteiger partial charge >= 0.3 is 5.97 Å². The van der Waals surface area contributed by atoms with Crippen molar-refractivity contribution in [3.63, 3.8) is 0 Å². The molecule has 0 fully saturated rings. The standard InChI is InChI=1S/C17H27NO2/c1-5-15(18)17(4,11-16(19)20)14-8-6-13(7-9-14)10-12(2)3/h6-9,12,15H,5,10-11,18H2,1-4H3,(H,19,20). The van der Waals surface area contributed by atoms with Crippen molar-refractivity contribution in [3.8, 4) is 0 Å². The molecule has 20 heavy (non-hydrogen) atoms. The number of rotatable bonds is 7. The molecule has 0 aliphatic heterocycles. The van der Waals surface area contributed by atoms with Crippen LogP contribution in [0.4, 0.5) is 0 Å². The Morgan fingerprint density at radius 1 is 1.30 bits per heavy atom. The Morgan fingerprint density at radius 3 is 2.25 bits per heavy atom. The van der Waals surface area contributed by atoms with Crippen LogP contribution < -0.4 is 5.73 Å². The Hall–Kier alpha value is -1.35. The van der Waals surface area contributed by atoms with Crippen LogP contribution in [0.3, 0.4) is 0 Å². The van der Waals surface area contributed by atoms with E-state index in [0.717, 1.165) is 18.4 Å². The second-order valence-electron chi connectivity index (χ2n) is 6.30. The van der Waals surface area contributed by atoms with E-state index in [-0.39, 0.29) is 12.5 Å². The highest BCUT2D eigenvalue weighted by molar-refractivity contribution is 5.69. The summed E-state index contributed by atoms with van der Waals surface area (Å²) in [5.41, 5.74) is 7.97. The lowest BCUT2D eigenvalue weighted by Gasteiger charge is -2.34. The third-order valence-electron chi connectivity index (χ3n) is 4.03. The maximum atomic E-state index is 11.2. The van der Waals surface area contributed by atoms with Gasteiger partial charge in [-0.15, -0.1) is 0 Å². The van der Waals surface area contributed by atoms with Crippen LogP contribution in [0.5, 0.6) is 0 Å². The highest BCUT2D eigenvalue weighted by Gasteiger charge is 2.35. The van der Waals surface area contributed by atoms with E-state index in [2.05, 4.69) is 26.0 Å². The zero-order valence-electron chi connectivity index (χ0n) is 13.0. The second-order valence-corrected chi connectivity index (χ2v) is 6.30. The van der Waals surface area contributed by atoms with Crippen LogP contribution in [0.15, 0.2) is 24.3 Å². The average molecular weight is 277 g/mol. The van der Waals surface area contributed by atoms with Crippen LogP contribution >= 0.6 is 0 Å². The van der Waals surface area contributed by atoms with Crippen molar-refractivity contribution in [2.75, 3.05) is 0 Å². The smallest absolute Gasteiger partial charge is 0.304 e. The average Bonchev–Trinajstić information content (AvgIpc) is 2.36. The number of carboxylic acids is 1. The molecule has 0 saturated heterocycles. The molecule has 0 aliphatic rings. The largest absolute Gasteiger partial charge is 0.481 e. The minimum Gasteiger partial charge on any atom is -0.481 e. The molecule has 0 amide bonds. The Labute approximate surface area is 122 Å². The van der Waals surface area contributed by atoms with E-state index in [1.165, 1.54) is 5.56 Å². The molecule has 1 aromatic carbocycles. The van der Waals surface area contributed by atoms with E-state index >= 15 is 0 Å². The quantitative estimate of drug-likeness (QED) is 0.803. The minimum atomic E-state index is -0.803. The molecular formula is C17H27NO2. The summed E-state index contributed by atoms with van der Waals surface area (Å²) in [6.07, 6.45) is 1.86. The van der Waals surface area contributed by atoms with Crippen molar-refractivity contribution >= 4 is 5.97 Å². The Bertz CT molecular complexity index is 439. The van der Waals surface area contributed by atoms with Crippen molar-refractivity contribution in [1.29, 1.82) is 0 Å². The molecular weight excluding hydrogens is 250 g/mol. The predicted molar refractivity (Wildman–Crippen MR) is 82.9 cm³/mol. The molecule has 0 saturated carbocycles. The fourth-order valence-corrected chi connectivity index (χ4v) is 2.70. The molecule has 0 bridgehead atoms. The maximum Gasteiger partial charge on any atom is 0.304 e. The van der Waals surface area contributed by atoms with Gasteiger partial charge in [-0.25, -0.2) is 0 Å². The summed E-state index contributed by atoms with van der Waals surface area (Å²) in [7, 11) is 0. The van der Waals surface area contributed by atoms with Gasteiger partial charge in [0.15, 0.2) is 0 Å². The van der Waals surface area contributed by atoms with E-state index in [1.807, 2.05) is 26.0 Å². The first-order valence-electron chi connectivity index (χ1n) is 7.36. The summed E-state index contributed by atoms with van der Waals surface area (Å²) >= 11 is 0. The van der Waals surface area contributed by atoms with E-state index in [0.29, 0.717) is 5.92 Å². The van der Waals surface area contributed by atoms with Crippen LogP contribution in [0.1, 0.15) is 51.7 Å². The molecule has 0 aromatic heterocycles. The van der Waals surface area contributed by atoms with E-state index in [4.69, 9.17) is 5.73 Å². The van der Waals surface area contributed by atoms with Crippen LogP contribution in [0, 0.1) is 5.92 Å². The van der Waals surface area contributed by atoms with Gasteiger partial charge in [-0.3, -0.25) is 4.79 Å². The molecule has 3 N–H and O–H groups in total. The Morgan fingerprint density at radius 2 is 1.85 bits per heavy atom. The van der Waals surface area contributed by atoms with Crippen LogP contribution in [0.2, 0.25) is 0 Å². The van der Waals surface area contributed by atoms with Crippen molar-refractivity contribution in [2.24, 2.45) is 11.7 Å². The monoisotopic (exact) mass is 277 g/mol. The summed E-state index contributed by atoms with van der Waals surface area (Å²) in [4.78, 5) is 11.2. The highest BCUT2D eigenvalue weighted by atomic mass is 16.4. The van der Waals surface area contributed by atoms with Gasteiger partial charge in [-0.05, 0) is 29.9 Å². The predicted octanol–water partition coefficient (Wildman–Crippen LogP) is 3.35. The molecule has 3 heteroatoms. The van der Waals surface area contributed by atoms with Gasteiger partial charge < -0.3 is 10.8 Å². The highest BCUT2D eigenvalue weighted by Crippen LogP contribution is 2.32. The Kier molecular flexibility index (Phi) is 5.75. The summed E-state index contributed by atoms with van der Waals surface area (Å²) in [6, 6.07) is 8.11. The molecule has 0 heterocycles. The SMILES string of the molecule is CCC(N)C(C)(CC(=O)O)c1ccc(CC(C)C)cc1. The van der Waals surface area contributed by atoms with Gasteiger partial charge in [0.1, 0.15) is 0 Å². The molecule has 1 aromatic rings. The summed E-state index contributed by atoms with van der Waals surface area (Å²) in [5, 5.41) is 9.17. The minimum absolute atomic E-state index is 0.0610. The van der Waals surface area contributed by atoms with Gasteiger partial charge in [0.05, 0.1) is 6.42 Å². The molecule has 2 unspecified atom stereocenters. The van der Waals surface area contributed by atoms with E-state index in [1.54, 1.807) is 0 Å². The number of nitrogens with two attached hydrogens (primary N) is 1. The molecule has 0 spiro atoms. The number of hydrogen-bond acceptors (Lipinski definition) is 2. The summed E-state index contributed by atoms with van der Waals surface area (Å²) in [5.74, 6) is -0.188. The molecule has 3 nitrogen and oxygen atoms in total. The lowest BCUT2D eigenvalue weighted by atomic mass is 9.72. The molecule has 2 atom stereocenters. The molecule has 0 radical (unpaired) electrons. The normalized spacial score (nSPS) is 15.9. The number of aliphatic carboxylic acids is 1. The molecule has 1 rings (SSSR count). The first-order valence-corrected chi connectivity index (χ1v) is 7.36. The van der Waals surface area contributed by atoms with Crippen LogP contribution in [-0.2, 0) is 16.6 Å². The van der Waals surface area contributed by atoms with Crippen molar-refractivity contribution < 1.29 is 9.90 Å². The van der Waals surface area contributed by atoms with Crippen LogP contribution in [0.25, 0.3) is 0 Å². The zero-order valence-corrected chi connectivity index (χ0v) is 13.0. The lowest BCUT2D eigenvalue weighted by molar-refractivity contribution is -0.138. The van der Waals surface area contributed by atoms with Crippen LogP contribution in [-0.4, -0.2) is 17.1 Å². The van der Waals surface area contributed by atoms with Crippen molar-refractivity contribution in [2.45, 2.75) is 58.4 Å². The second kappa shape index (κ2) is 6.89. The fraction of sp³-hybridized carbons (Fsp3) is 0.588. The molecule has 112 valence electrons. The summed E-state index contributed by atoms with van der Waals surface area (Å²) in [6.45, 7) is 8.33. The Balaban J connectivity index is 3.05. The number of benzene rings is 1. The van der Waals surface area contributed by atoms with E-state index < -0.39 is 11.4 Å². The maximum absolute atomic E-state index is 11.2. The molecule has 0 aliphatic carbocycles. The fourth-order valence-electron chi connectivity index (χ4n) is 2.70. The number of hydrogen-bond donors (Lipinski definition) is 2. The van der Waals surface area contributed by atoms with Crippen molar-refractivity contribution in [3.05, 3.63) is 35.4 Å². The third kappa shape index (κ3) is 4.07. The third-order valence-corrected chi connectivity index (χ3v) is 4.03.